The van der Waals surface area contributed by atoms with Gasteiger partial charge in [0.15, 0.2) is 0 Å². The van der Waals surface area contributed by atoms with Gasteiger partial charge in [0.25, 0.3) is 0 Å². The van der Waals surface area contributed by atoms with Crippen molar-refractivity contribution in [1.82, 2.24) is 4.90 Å². The molecule has 0 heterocycles. The van der Waals surface area contributed by atoms with Crippen LogP contribution in [0.25, 0.3) is 0 Å². The van der Waals surface area contributed by atoms with Crippen molar-refractivity contribution in [3.63, 3.8) is 0 Å². The number of likely N-dealkylation sites (N-methyl/N-ethyl adjacent to an activating group) is 1. The van der Waals surface area contributed by atoms with Crippen molar-refractivity contribution in [3.05, 3.63) is 29.8 Å². The Morgan fingerprint density at radius 1 is 1.32 bits per heavy atom. The van der Waals surface area contributed by atoms with Crippen molar-refractivity contribution in [2.75, 3.05) is 30.9 Å². The zero-order valence-electron chi connectivity index (χ0n) is 12.4. The fourth-order valence-corrected chi connectivity index (χ4v) is 2.26. The summed E-state index contributed by atoms with van der Waals surface area (Å²) >= 11 is 1.58. The van der Waals surface area contributed by atoms with Crippen LogP contribution in [0.5, 0.6) is 0 Å². The fourth-order valence-electron chi connectivity index (χ4n) is 1.77. The predicted molar refractivity (Wildman–Crippen MR) is 83.6 cm³/mol. The molecule has 0 aliphatic carbocycles. The first-order valence-electron chi connectivity index (χ1n) is 6.59. The summed E-state index contributed by atoms with van der Waals surface area (Å²) in [5.74, 6) is -1.75. The van der Waals surface area contributed by atoms with E-state index in [1.165, 1.54) is 11.9 Å². The van der Waals surface area contributed by atoms with E-state index < -0.39 is 23.6 Å². The lowest BCUT2D eigenvalue weighted by atomic mass is 10.2. The Kier molecular flexibility index (Phi) is 7.26. The molecule has 0 aliphatic rings. The molecule has 1 rings (SSSR count). The Morgan fingerprint density at radius 2 is 1.91 bits per heavy atom. The molecule has 3 N–H and O–H groups in total. The van der Waals surface area contributed by atoms with Crippen LogP contribution in [0.15, 0.2) is 18.2 Å². The van der Waals surface area contributed by atoms with E-state index >= 15 is 0 Å². The molecule has 0 aliphatic heterocycles. The second-order valence-corrected chi connectivity index (χ2v) is 5.77. The average molecular weight is 331 g/mol. The number of anilines is 1. The van der Waals surface area contributed by atoms with Crippen molar-refractivity contribution in [2.24, 2.45) is 5.73 Å². The number of hydrogen-bond donors (Lipinski definition) is 2. The van der Waals surface area contributed by atoms with Crippen LogP contribution in [-0.4, -0.2) is 48.4 Å². The van der Waals surface area contributed by atoms with Gasteiger partial charge in [-0.2, -0.15) is 11.8 Å². The van der Waals surface area contributed by atoms with Crippen LogP contribution >= 0.6 is 11.8 Å². The van der Waals surface area contributed by atoms with E-state index in [1.54, 1.807) is 11.8 Å². The molecule has 22 heavy (non-hydrogen) atoms. The van der Waals surface area contributed by atoms with Gasteiger partial charge in [0.05, 0.1) is 12.6 Å². The summed E-state index contributed by atoms with van der Waals surface area (Å²) in [4.78, 5) is 24.9. The molecule has 0 radical (unpaired) electrons. The molecule has 0 saturated carbocycles. The number of halogens is 2. The molecule has 0 unspecified atom stereocenters. The molecule has 8 heteroatoms. The van der Waals surface area contributed by atoms with Gasteiger partial charge in [0.1, 0.15) is 11.6 Å². The monoisotopic (exact) mass is 331 g/mol. The van der Waals surface area contributed by atoms with Crippen molar-refractivity contribution in [2.45, 2.75) is 12.5 Å². The van der Waals surface area contributed by atoms with Crippen molar-refractivity contribution in [3.8, 4) is 0 Å². The number of carbonyl (C=O) groups excluding carboxylic acids is 2. The third-order valence-electron chi connectivity index (χ3n) is 2.85. The van der Waals surface area contributed by atoms with Crippen LogP contribution in [0, 0.1) is 11.6 Å². The first-order chi connectivity index (χ1) is 10.3. The van der Waals surface area contributed by atoms with Gasteiger partial charge < -0.3 is 16.0 Å². The summed E-state index contributed by atoms with van der Waals surface area (Å²) in [6.07, 6.45) is 2.42. The number of carbonyl (C=O) groups is 2. The summed E-state index contributed by atoms with van der Waals surface area (Å²) in [7, 11) is 1.45. The number of benzene rings is 1. The van der Waals surface area contributed by atoms with Crippen LogP contribution < -0.4 is 11.1 Å². The van der Waals surface area contributed by atoms with Gasteiger partial charge >= 0.3 is 0 Å². The van der Waals surface area contributed by atoms with Gasteiger partial charge in [-0.05, 0) is 30.6 Å². The van der Waals surface area contributed by atoms with E-state index in [0.717, 1.165) is 17.9 Å². The zero-order valence-corrected chi connectivity index (χ0v) is 13.3. The minimum absolute atomic E-state index is 0.00460. The highest BCUT2D eigenvalue weighted by molar-refractivity contribution is 7.98. The Labute approximate surface area is 132 Å². The van der Waals surface area contributed by atoms with Gasteiger partial charge in [0.2, 0.25) is 11.8 Å². The summed E-state index contributed by atoms with van der Waals surface area (Å²) in [5.41, 5.74) is 5.73. The molecule has 122 valence electrons. The average Bonchev–Trinajstić information content (AvgIpc) is 2.42. The lowest BCUT2D eigenvalue weighted by Gasteiger charge is -2.20. The van der Waals surface area contributed by atoms with Crippen LogP contribution in [0.4, 0.5) is 14.5 Å². The molecule has 5 nitrogen and oxygen atoms in total. The lowest BCUT2D eigenvalue weighted by Crippen LogP contribution is -2.45. The Hall–Kier alpha value is -1.67. The standard InChI is InChI=1S/C14H19F2N3O2S/c1-19(14(21)12(17)3-4-22-2)8-13(20)18-11-6-9(15)5-10(16)7-11/h5-7,12H,3-4,8,17H2,1-2H3,(H,18,20)/t12-/m0/s1. The molecule has 0 spiro atoms. The lowest BCUT2D eigenvalue weighted by molar-refractivity contribution is -0.134. The van der Waals surface area contributed by atoms with E-state index in [4.69, 9.17) is 5.73 Å². The summed E-state index contributed by atoms with van der Waals surface area (Å²) in [6.45, 7) is -0.246. The number of amides is 2. The van der Waals surface area contributed by atoms with E-state index in [1.807, 2.05) is 6.26 Å². The summed E-state index contributed by atoms with van der Waals surface area (Å²) in [6, 6.07) is 2.02. The molecule has 0 saturated heterocycles. The fraction of sp³-hybridized carbons (Fsp3) is 0.429. The van der Waals surface area contributed by atoms with Gasteiger partial charge in [-0.15, -0.1) is 0 Å². The van der Waals surface area contributed by atoms with Crippen LogP contribution in [0.2, 0.25) is 0 Å². The quantitative estimate of drug-likeness (QED) is 0.793. The highest BCUT2D eigenvalue weighted by Gasteiger charge is 2.19. The molecule has 0 bridgehead atoms. The first kappa shape index (κ1) is 18.4. The SMILES string of the molecule is CSCC[C@H](N)C(=O)N(C)CC(=O)Nc1cc(F)cc(F)c1. The molecule has 0 aromatic heterocycles. The number of nitrogens with two attached hydrogens (primary N) is 1. The number of nitrogens with zero attached hydrogens (tertiary/aromatic N) is 1. The zero-order chi connectivity index (χ0) is 16.7. The predicted octanol–water partition coefficient (Wildman–Crippen LogP) is 1.44. The Morgan fingerprint density at radius 3 is 2.45 bits per heavy atom. The van der Waals surface area contributed by atoms with E-state index in [-0.39, 0.29) is 18.1 Å². The van der Waals surface area contributed by atoms with Crippen LogP contribution in [0.1, 0.15) is 6.42 Å². The number of hydrogen-bond acceptors (Lipinski definition) is 4. The maximum Gasteiger partial charge on any atom is 0.243 e. The Bertz CT molecular complexity index is 523. The summed E-state index contributed by atoms with van der Waals surface area (Å²) in [5, 5.41) is 2.33. The van der Waals surface area contributed by atoms with Gasteiger partial charge in [-0.25, -0.2) is 8.78 Å². The van der Waals surface area contributed by atoms with Crippen molar-refractivity contribution in [1.29, 1.82) is 0 Å². The Balaban J connectivity index is 2.55. The molecule has 0 fully saturated rings. The van der Waals surface area contributed by atoms with Gasteiger partial charge in [-0.3, -0.25) is 9.59 Å². The smallest absolute Gasteiger partial charge is 0.243 e. The van der Waals surface area contributed by atoms with Crippen molar-refractivity contribution < 1.29 is 18.4 Å². The van der Waals surface area contributed by atoms with Crippen molar-refractivity contribution >= 4 is 29.3 Å². The highest BCUT2D eigenvalue weighted by Crippen LogP contribution is 2.12. The second kappa shape index (κ2) is 8.70. The van der Waals surface area contributed by atoms with E-state index in [9.17, 15) is 18.4 Å². The van der Waals surface area contributed by atoms with Crippen LogP contribution in [-0.2, 0) is 9.59 Å². The minimum atomic E-state index is -0.793. The molecule has 1 atom stereocenters. The number of thioether (sulfide) groups is 1. The molecule has 2 amide bonds. The largest absolute Gasteiger partial charge is 0.335 e. The van der Waals surface area contributed by atoms with E-state index in [0.29, 0.717) is 12.5 Å². The topological polar surface area (TPSA) is 75.4 Å². The highest BCUT2D eigenvalue weighted by atomic mass is 32.2. The minimum Gasteiger partial charge on any atom is -0.335 e. The third kappa shape index (κ3) is 5.98. The molecule has 1 aromatic rings. The summed E-state index contributed by atoms with van der Waals surface area (Å²) < 4.78 is 26.0. The third-order valence-corrected chi connectivity index (χ3v) is 3.50. The molecular weight excluding hydrogens is 312 g/mol. The maximum atomic E-state index is 13.0. The van der Waals surface area contributed by atoms with E-state index in [2.05, 4.69) is 5.32 Å². The molecule has 1 aromatic carbocycles. The molecular formula is C14H19F2N3O2S. The number of nitrogens with one attached hydrogen (secondary N) is 1. The maximum absolute atomic E-state index is 13.0. The normalized spacial score (nSPS) is 11.9. The first-order valence-corrected chi connectivity index (χ1v) is 7.98. The number of rotatable bonds is 7. The van der Waals surface area contributed by atoms with Gasteiger partial charge in [-0.1, -0.05) is 0 Å². The van der Waals surface area contributed by atoms with Gasteiger partial charge in [0, 0.05) is 18.8 Å². The second-order valence-electron chi connectivity index (χ2n) is 4.79. The van der Waals surface area contributed by atoms with Crippen LogP contribution in [0.3, 0.4) is 0 Å².